The molecule has 0 saturated carbocycles. The van der Waals surface area contributed by atoms with E-state index in [1.807, 2.05) is 0 Å². The molecule has 0 N–H and O–H groups in total. The van der Waals surface area contributed by atoms with Crippen molar-refractivity contribution in [3.63, 3.8) is 0 Å². The highest BCUT2D eigenvalue weighted by atomic mass is 31.1. The van der Waals surface area contributed by atoms with E-state index in [9.17, 15) is 0 Å². The Morgan fingerprint density at radius 3 is 1.88 bits per heavy atom. The van der Waals surface area contributed by atoms with Crippen LogP contribution in [0, 0.1) is 11.8 Å². The second kappa shape index (κ2) is 4.88. The third-order valence-electron chi connectivity index (χ3n) is 3.79. The maximum absolute atomic E-state index is 2.39. The summed E-state index contributed by atoms with van der Waals surface area (Å²) in [6.45, 7) is 9.55. The Balaban J connectivity index is 2.20. The Morgan fingerprint density at radius 1 is 0.938 bits per heavy atom. The van der Waals surface area contributed by atoms with Crippen molar-refractivity contribution in [3.8, 4) is 0 Å². The predicted molar refractivity (Wildman–Crippen MR) is 74.9 cm³/mol. The minimum absolute atomic E-state index is 0.101. The van der Waals surface area contributed by atoms with Crippen LogP contribution in [0.1, 0.15) is 34.1 Å². The molecule has 0 spiro atoms. The molecule has 1 aliphatic heterocycles. The maximum atomic E-state index is 2.39. The zero-order valence-corrected chi connectivity index (χ0v) is 11.7. The van der Waals surface area contributed by atoms with Gasteiger partial charge < -0.3 is 0 Å². The summed E-state index contributed by atoms with van der Waals surface area (Å²) >= 11 is 0. The molecule has 1 aromatic rings. The summed E-state index contributed by atoms with van der Waals surface area (Å²) in [6, 6.07) is 11.2. The van der Waals surface area contributed by atoms with E-state index < -0.39 is 0 Å². The summed E-state index contributed by atoms with van der Waals surface area (Å²) in [6.07, 6.45) is 1.45. The van der Waals surface area contributed by atoms with E-state index in [0.717, 1.165) is 23.2 Å². The van der Waals surface area contributed by atoms with Crippen molar-refractivity contribution in [2.45, 2.75) is 45.4 Å². The minimum atomic E-state index is 0.101. The van der Waals surface area contributed by atoms with Crippen molar-refractivity contribution in [2.24, 2.45) is 11.8 Å². The van der Waals surface area contributed by atoms with Crippen LogP contribution < -0.4 is 5.30 Å². The summed E-state index contributed by atoms with van der Waals surface area (Å²) in [4.78, 5) is 0. The molecule has 1 saturated heterocycles. The summed E-state index contributed by atoms with van der Waals surface area (Å²) < 4.78 is 0. The summed E-state index contributed by atoms with van der Waals surface area (Å²) in [5, 5.41) is 1.63. The third-order valence-corrected chi connectivity index (χ3v) is 7.73. The van der Waals surface area contributed by atoms with Gasteiger partial charge in [-0.1, -0.05) is 65.9 Å². The zero-order chi connectivity index (χ0) is 11.7. The van der Waals surface area contributed by atoms with E-state index >= 15 is 0 Å². The molecule has 1 heterocycles. The van der Waals surface area contributed by atoms with Gasteiger partial charge in [0.2, 0.25) is 0 Å². The van der Waals surface area contributed by atoms with Gasteiger partial charge in [-0.2, -0.15) is 0 Å². The standard InChI is InChI=1S/C15H23P/c1-11(2)14-10-15(12(3)4)16(14)13-8-6-5-7-9-13/h5-9,11-12,14-15H,10H2,1-4H3/t14-,15-/m1/s1. The van der Waals surface area contributed by atoms with Gasteiger partial charge in [-0.15, -0.1) is 0 Å². The fourth-order valence-electron chi connectivity index (χ4n) is 2.75. The Hall–Kier alpha value is -0.350. The number of benzene rings is 1. The molecule has 0 radical (unpaired) electrons. The Bertz CT molecular complexity index is 315. The monoisotopic (exact) mass is 234 g/mol. The first kappa shape index (κ1) is 12.1. The molecular weight excluding hydrogens is 211 g/mol. The molecular formula is C15H23P. The lowest BCUT2D eigenvalue weighted by Gasteiger charge is -2.50. The molecule has 2 atom stereocenters. The van der Waals surface area contributed by atoms with Crippen molar-refractivity contribution >= 4 is 13.2 Å². The average molecular weight is 234 g/mol. The van der Waals surface area contributed by atoms with E-state index in [2.05, 4.69) is 58.0 Å². The molecule has 0 aromatic heterocycles. The van der Waals surface area contributed by atoms with Crippen LogP contribution in [0.4, 0.5) is 0 Å². The smallest absolute Gasteiger partial charge is 0.0137 e. The van der Waals surface area contributed by atoms with E-state index in [1.165, 1.54) is 6.42 Å². The van der Waals surface area contributed by atoms with E-state index in [4.69, 9.17) is 0 Å². The Morgan fingerprint density at radius 2 is 1.44 bits per heavy atom. The van der Waals surface area contributed by atoms with E-state index in [0.29, 0.717) is 0 Å². The normalized spacial score (nSPS) is 26.1. The van der Waals surface area contributed by atoms with Crippen LogP contribution >= 0.6 is 7.92 Å². The number of hydrogen-bond donors (Lipinski definition) is 0. The Kier molecular flexibility index (Phi) is 3.70. The molecule has 1 heteroatoms. The summed E-state index contributed by atoms with van der Waals surface area (Å²) in [5.74, 6) is 1.70. The van der Waals surface area contributed by atoms with Crippen molar-refractivity contribution < 1.29 is 0 Å². The average Bonchev–Trinajstić information content (AvgIpc) is 2.16. The highest BCUT2D eigenvalue weighted by Crippen LogP contribution is 2.63. The largest absolute Gasteiger partial charge is 0.0684 e. The minimum Gasteiger partial charge on any atom is -0.0684 e. The van der Waals surface area contributed by atoms with Crippen LogP contribution in [0.5, 0.6) is 0 Å². The van der Waals surface area contributed by atoms with Crippen LogP contribution in [-0.4, -0.2) is 11.3 Å². The second-order valence-corrected chi connectivity index (χ2v) is 8.26. The van der Waals surface area contributed by atoms with Crippen LogP contribution in [0.2, 0.25) is 0 Å². The predicted octanol–water partition coefficient (Wildman–Crippen LogP) is 4.25. The lowest BCUT2D eigenvalue weighted by Crippen LogP contribution is -2.41. The first-order chi connectivity index (χ1) is 7.61. The maximum Gasteiger partial charge on any atom is -0.0137 e. The Labute approximate surface area is 101 Å². The van der Waals surface area contributed by atoms with Gasteiger partial charge in [0.25, 0.3) is 0 Å². The fraction of sp³-hybridized carbons (Fsp3) is 0.600. The molecule has 1 fully saturated rings. The SMILES string of the molecule is CC(C)[C@H]1C[C@H](C(C)C)P1c1ccccc1. The molecule has 0 bridgehead atoms. The van der Waals surface area contributed by atoms with Crippen molar-refractivity contribution in [2.75, 3.05) is 0 Å². The van der Waals surface area contributed by atoms with Gasteiger partial charge in [0.1, 0.15) is 0 Å². The molecule has 0 unspecified atom stereocenters. The van der Waals surface area contributed by atoms with Crippen molar-refractivity contribution in [3.05, 3.63) is 30.3 Å². The van der Waals surface area contributed by atoms with Crippen LogP contribution in [0.15, 0.2) is 30.3 Å². The van der Waals surface area contributed by atoms with Gasteiger partial charge in [-0.3, -0.25) is 0 Å². The molecule has 0 aliphatic carbocycles. The fourth-order valence-corrected chi connectivity index (χ4v) is 6.33. The third kappa shape index (κ3) is 2.18. The van der Waals surface area contributed by atoms with Crippen LogP contribution in [0.25, 0.3) is 0 Å². The van der Waals surface area contributed by atoms with Gasteiger partial charge >= 0.3 is 0 Å². The highest BCUT2D eigenvalue weighted by molar-refractivity contribution is 7.68. The first-order valence-corrected chi connectivity index (χ1v) is 7.92. The zero-order valence-electron chi connectivity index (χ0n) is 10.9. The van der Waals surface area contributed by atoms with Crippen LogP contribution in [-0.2, 0) is 0 Å². The molecule has 2 rings (SSSR count). The van der Waals surface area contributed by atoms with E-state index in [-0.39, 0.29) is 7.92 Å². The molecule has 1 aromatic carbocycles. The lowest BCUT2D eigenvalue weighted by atomic mass is 9.98. The quantitative estimate of drug-likeness (QED) is 0.686. The van der Waals surface area contributed by atoms with Gasteiger partial charge in [0, 0.05) is 0 Å². The summed E-state index contributed by atoms with van der Waals surface area (Å²) in [7, 11) is 0.101. The van der Waals surface area contributed by atoms with Gasteiger partial charge in [0.15, 0.2) is 0 Å². The molecule has 88 valence electrons. The number of hydrogen-bond acceptors (Lipinski definition) is 0. The molecule has 16 heavy (non-hydrogen) atoms. The van der Waals surface area contributed by atoms with Gasteiger partial charge in [-0.05, 0) is 34.9 Å². The molecule has 0 amide bonds. The number of rotatable bonds is 3. The highest BCUT2D eigenvalue weighted by Gasteiger charge is 2.43. The molecule has 1 aliphatic rings. The van der Waals surface area contributed by atoms with E-state index in [1.54, 1.807) is 5.30 Å². The van der Waals surface area contributed by atoms with Crippen molar-refractivity contribution in [1.82, 2.24) is 0 Å². The lowest BCUT2D eigenvalue weighted by molar-refractivity contribution is 0.448. The first-order valence-electron chi connectivity index (χ1n) is 6.44. The second-order valence-electron chi connectivity index (χ2n) is 5.60. The van der Waals surface area contributed by atoms with Gasteiger partial charge in [0.05, 0.1) is 0 Å². The molecule has 0 nitrogen and oxygen atoms in total. The topological polar surface area (TPSA) is 0 Å². The van der Waals surface area contributed by atoms with Crippen LogP contribution in [0.3, 0.4) is 0 Å². The van der Waals surface area contributed by atoms with Crippen molar-refractivity contribution in [1.29, 1.82) is 0 Å². The summed E-state index contributed by atoms with van der Waals surface area (Å²) in [5.41, 5.74) is 1.93. The van der Waals surface area contributed by atoms with Gasteiger partial charge in [-0.25, -0.2) is 0 Å².